The first-order valence-corrected chi connectivity index (χ1v) is 9.02. The highest BCUT2D eigenvalue weighted by Crippen LogP contribution is 2.14. The molecule has 0 unspecified atom stereocenters. The van der Waals surface area contributed by atoms with E-state index < -0.39 is 11.6 Å². The summed E-state index contributed by atoms with van der Waals surface area (Å²) in [6.07, 6.45) is 4.23. The Hall–Kier alpha value is -2.73. The fourth-order valence-electron chi connectivity index (χ4n) is 3.00. The number of nitrogens with zero attached hydrogens (tertiary/aromatic N) is 2. The smallest absolute Gasteiger partial charge is 0.241 e. The molecule has 0 saturated carbocycles. The molecule has 1 fully saturated rings. The van der Waals surface area contributed by atoms with Crippen molar-refractivity contribution in [3.05, 3.63) is 71.8 Å². The Kier molecular flexibility index (Phi) is 6.54. The molecule has 0 aliphatic carbocycles. The first-order valence-electron chi connectivity index (χ1n) is 9.02. The van der Waals surface area contributed by atoms with E-state index in [0.717, 1.165) is 31.8 Å². The maximum atomic E-state index is 13.6. The molecule has 0 radical (unpaired) electrons. The Balaban J connectivity index is 1.40. The van der Waals surface area contributed by atoms with Gasteiger partial charge in [-0.2, -0.15) is 0 Å². The van der Waals surface area contributed by atoms with Crippen LogP contribution in [-0.2, 0) is 4.79 Å². The predicted molar refractivity (Wildman–Crippen MR) is 103 cm³/mol. The van der Waals surface area contributed by atoms with Crippen molar-refractivity contribution in [2.24, 2.45) is 0 Å². The molecule has 6 heteroatoms. The normalized spacial score (nSPS) is 15.3. The second kappa shape index (κ2) is 9.28. The lowest BCUT2D eigenvalue weighted by Gasteiger charge is -2.34. The number of hydrogen-bond donors (Lipinski definition) is 1. The number of benzene rings is 2. The highest BCUT2D eigenvalue weighted by molar-refractivity contribution is 5.81. The topological polar surface area (TPSA) is 35.6 Å². The molecule has 1 amide bonds. The van der Waals surface area contributed by atoms with E-state index in [1.807, 2.05) is 18.2 Å². The van der Waals surface area contributed by atoms with E-state index in [9.17, 15) is 13.6 Å². The van der Waals surface area contributed by atoms with Crippen LogP contribution in [0.4, 0.5) is 14.5 Å². The van der Waals surface area contributed by atoms with Gasteiger partial charge in [0.2, 0.25) is 5.91 Å². The summed E-state index contributed by atoms with van der Waals surface area (Å²) in [6, 6.07) is 13.4. The number of carbonyl (C=O) groups excluding carboxylic acids is 1. The van der Waals surface area contributed by atoms with Crippen LogP contribution in [0.15, 0.2) is 54.6 Å². The lowest BCUT2D eigenvalue weighted by atomic mass is 10.2. The lowest BCUT2D eigenvalue weighted by Crippen LogP contribution is -2.50. The van der Waals surface area contributed by atoms with Crippen molar-refractivity contribution in [1.82, 2.24) is 9.80 Å². The average molecular weight is 371 g/mol. The number of nitrogens with one attached hydrogen (secondary N) is 1. The Bertz CT molecular complexity index is 787. The van der Waals surface area contributed by atoms with Crippen LogP contribution in [0.5, 0.6) is 0 Å². The van der Waals surface area contributed by atoms with Gasteiger partial charge in [0, 0.05) is 38.8 Å². The first-order chi connectivity index (χ1) is 13.1. The largest absolute Gasteiger partial charge is 0.374 e. The SMILES string of the molecule is O=C(CNc1ccc(F)cc1F)N1CCN(C/C=C/c2ccccc2)CC1. The molecule has 1 N–H and O–H groups in total. The summed E-state index contributed by atoms with van der Waals surface area (Å²) < 4.78 is 26.5. The van der Waals surface area contributed by atoms with Crippen LogP contribution in [0.2, 0.25) is 0 Å². The van der Waals surface area contributed by atoms with E-state index in [1.54, 1.807) is 4.90 Å². The van der Waals surface area contributed by atoms with E-state index in [4.69, 9.17) is 0 Å². The van der Waals surface area contributed by atoms with Gasteiger partial charge in [-0.05, 0) is 17.7 Å². The van der Waals surface area contributed by atoms with Gasteiger partial charge in [0.1, 0.15) is 11.6 Å². The number of anilines is 1. The molecule has 0 aromatic heterocycles. The Morgan fingerprint density at radius 3 is 2.48 bits per heavy atom. The molecule has 1 heterocycles. The Morgan fingerprint density at radius 2 is 1.78 bits per heavy atom. The number of piperazine rings is 1. The third-order valence-corrected chi connectivity index (χ3v) is 4.56. The van der Waals surface area contributed by atoms with Crippen molar-refractivity contribution in [3.8, 4) is 0 Å². The average Bonchev–Trinajstić information content (AvgIpc) is 2.68. The van der Waals surface area contributed by atoms with Crippen LogP contribution < -0.4 is 5.32 Å². The maximum absolute atomic E-state index is 13.6. The predicted octanol–water partition coefficient (Wildman–Crippen LogP) is 3.23. The molecule has 1 aliphatic heterocycles. The molecular formula is C21H23F2N3O. The van der Waals surface area contributed by atoms with Crippen LogP contribution in [0, 0.1) is 11.6 Å². The Morgan fingerprint density at radius 1 is 1.04 bits per heavy atom. The molecule has 1 aliphatic rings. The summed E-state index contributed by atoms with van der Waals surface area (Å²) in [5, 5.41) is 2.74. The summed E-state index contributed by atoms with van der Waals surface area (Å²) in [5.74, 6) is -1.42. The third kappa shape index (κ3) is 5.62. The van der Waals surface area contributed by atoms with Gasteiger partial charge < -0.3 is 10.2 Å². The standard InChI is InChI=1S/C21H23F2N3O/c22-18-8-9-20(19(23)15-18)24-16-21(27)26-13-11-25(12-14-26)10-4-7-17-5-2-1-3-6-17/h1-9,15,24H,10-14,16H2/b7-4+. The molecule has 27 heavy (non-hydrogen) atoms. The maximum Gasteiger partial charge on any atom is 0.241 e. The van der Waals surface area contributed by atoms with Crippen LogP contribution >= 0.6 is 0 Å². The highest BCUT2D eigenvalue weighted by atomic mass is 19.1. The van der Waals surface area contributed by atoms with Gasteiger partial charge in [-0.3, -0.25) is 9.69 Å². The van der Waals surface area contributed by atoms with E-state index in [1.165, 1.54) is 11.6 Å². The minimum atomic E-state index is -0.696. The molecular weight excluding hydrogens is 348 g/mol. The molecule has 1 saturated heterocycles. The van der Waals surface area contributed by atoms with Crippen molar-refractivity contribution < 1.29 is 13.6 Å². The number of rotatable bonds is 6. The fourth-order valence-corrected chi connectivity index (χ4v) is 3.00. The number of halogens is 2. The van der Waals surface area contributed by atoms with Gasteiger partial charge in [-0.25, -0.2) is 8.78 Å². The summed E-state index contributed by atoms with van der Waals surface area (Å²) >= 11 is 0. The van der Waals surface area contributed by atoms with Gasteiger partial charge in [-0.15, -0.1) is 0 Å². The van der Waals surface area contributed by atoms with Crippen LogP contribution in [0.25, 0.3) is 6.08 Å². The summed E-state index contributed by atoms with van der Waals surface area (Å²) in [7, 11) is 0. The fraction of sp³-hybridized carbons (Fsp3) is 0.286. The number of carbonyl (C=O) groups is 1. The molecule has 3 rings (SSSR count). The molecule has 0 spiro atoms. The summed E-state index contributed by atoms with van der Waals surface area (Å²) in [6.45, 7) is 3.73. The first kappa shape index (κ1) is 19.0. The van der Waals surface area contributed by atoms with Crippen molar-refractivity contribution in [2.45, 2.75) is 0 Å². The summed E-state index contributed by atoms with van der Waals surface area (Å²) in [4.78, 5) is 16.3. The minimum absolute atomic E-state index is 0.00351. The third-order valence-electron chi connectivity index (χ3n) is 4.56. The van der Waals surface area contributed by atoms with Crippen LogP contribution in [-0.4, -0.2) is 55.0 Å². The zero-order valence-corrected chi connectivity index (χ0v) is 15.1. The molecule has 2 aromatic carbocycles. The van der Waals surface area contributed by atoms with Crippen molar-refractivity contribution in [1.29, 1.82) is 0 Å². The van der Waals surface area contributed by atoms with E-state index in [0.29, 0.717) is 13.1 Å². The molecule has 2 aromatic rings. The zero-order chi connectivity index (χ0) is 19.1. The zero-order valence-electron chi connectivity index (χ0n) is 15.1. The monoisotopic (exact) mass is 371 g/mol. The molecule has 0 atom stereocenters. The number of amides is 1. The van der Waals surface area contributed by atoms with Crippen LogP contribution in [0.3, 0.4) is 0 Å². The van der Waals surface area contributed by atoms with E-state index in [-0.39, 0.29) is 18.1 Å². The molecule has 4 nitrogen and oxygen atoms in total. The molecule has 0 bridgehead atoms. The highest BCUT2D eigenvalue weighted by Gasteiger charge is 2.20. The van der Waals surface area contributed by atoms with Crippen molar-refractivity contribution in [3.63, 3.8) is 0 Å². The van der Waals surface area contributed by atoms with Gasteiger partial charge in [0.25, 0.3) is 0 Å². The van der Waals surface area contributed by atoms with Crippen molar-refractivity contribution in [2.75, 3.05) is 44.6 Å². The minimum Gasteiger partial charge on any atom is -0.374 e. The second-order valence-electron chi connectivity index (χ2n) is 6.47. The molecule has 142 valence electrons. The van der Waals surface area contributed by atoms with Gasteiger partial charge in [-0.1, -0.05) is 42.5 Å². The summed E-state index contributed by atoms with van der Waals surface area (Å²) in [5.41, 5.74) is 1.31. The van der Waals surface area contributed by atoms with Crippen molar-refractivity contribution >= 4 is 17.7 Å². The van der Waals surface area contributed by atoms with Gasteiger partial charge >= 0.3 is 0 Å². The Labute approximate surface area is 158 Å². The van der Waals surface area contributed by atoms with Gasteiger partial charge in [0.05, 0.1) is 12.2 Å². The van der Waals surface area contributed by atoms with Crippen LogP contribution in [0.1, 0.15) is 5.56 Å². The second-order valence-corrected chi connectivity index (χ2v) is 6.47. The van der Waals surface area contributed by atoms with E-state index in [2.05, 4.69) is 34.5 Å². The van der Waals surface area contributed by atoms with E-state index >= 15 is 0 Å². The quantitative estimate of drug-likeness (QED) is 0.847. The van der Waals surface area contributed by atoms with Gasteiger partial charge in [0.15, 0.2) is 0 Å². The lowest BCUT2D eigenvalue weighted by molar-refractivity contribution is -0.130. The number of hydrogen-bond acceptors (Lipinski definition) is 3.